The zero-order chi connectivity index (χ0) is 26.4. The van der Waals surface area contributed by atoms with E-state index in [0.717, 1.165) is 11.1 Å². The van der Waals surface area contributed by atoms with Crippen molar-refractivity contribution in [1.29, 1.82) is 0 Å². The number of hydrogen-bond acceptors (Lipinski definition) is 3. The van der Waals surface area contributed by atoms with Crippen LogP contribution >= 0.6 is 19.4 Å². The zero-order valence-electron chi connectivity index (χ0n) is 21.0. The molecule has 0 fully saturated rings. The van der Waals surface area contributed by atoms with Gasteiger partial charge in [-0.1, -0.05) is 156 Å². The molecule has 7 radical (unpaired) electrons. The molecule has 5 aromatic rings. The third-order valence-corrected chi connectivity index (χ3v) is 9.13. The van der Waals surface area contributed by atoms with Crippen LogP contribution in [0.2, 0.25) is 0 Å². The van der Waals surface area contributed by atoms with Crippen molar-refractivity contribution in [3.05, 3.63) is 181 Å². The van der Waals surface area contributed by atoms with Gasteiger partial charge in [-0.05, 0) is 29.3 Å². The van der Waals surface area contributed by atoms with Crippen molar-refractivity contribution in [2.24, 2.45) is 0 Å². The Bertz CT molecular complexity index is 1060. The van der Waals surface area contributed by atoms with E-state index in [1.54, 1.807) is 0 Å². The Labute approximate surface area is 259 Å². The van der Waals surface area contributed by atoms with E-state index in [-0.39, 0.29) is 31.2 Å². The summed E-state index contributed by atoms with van der Waals surface area (Å²) in [5, 5.41) is 0. The quantitative estimate of drug-likeness (QED) is 0.0777. The molecule has 5 rings (SSSR count). The van der Waals surface area contributed by atoms with E-state index < -0.39 is 7.14 Å². The third-order valence-electron chi connectivity index (χ3n) is 4.72. The fourth-order valence-electron chi connectivity index (χ4n) is 2.97. The minimum Gasteiger partial charge on any atom is -0.425 e. The molecule has 38 heavy (non-hydrogen) atoms. The van der Waals surface area contributed by atoms with Crippen LogP contribution in [-0.4, -0.2) is 31.2 Å². The van der Waals surface area contributed by atoms with Gasteiger partial charge < -0.3 is 29.4 Å². The van der Waals surface area contributed by atoms with Crippen LogP contribution in [0.15, 0.2) is 152 Å². The van der Waals surface area contributed by atoms with Gasteiger partial charge in [-0.3, -0.25) is 0 Å². The average molecular weight is 744 g/mol. The SMILES string of the molecule is O=P(Cc1ccccc1)(Cc1ccccc1)C(=S)[S-].[Pb].[c]1ccccc1.[c]1ccccc1.[c]1ccccc1. The first-order valence-electron chi connectivity index (χ1n) is 11.7. The van der Waals surface area contributed by atoms with Gasteiger partial charge in [0.15, 0.2) is 0 Å². The predicted octanol–water partition coefficient (Wildman–Crippen LogP) is 8.66. The summed E-state index contributed by atoms with van der Waals surface area (Å²) in [5.41, 5.74) is 2.04. The molecule has 0 atom stereocenters. The van der Waals surface area contributed by atoms with Crippen molar-refractivity contribution in [2.75, 3.05) is 0 Å². The number of benzene rings is 5. The summed E-state index contributed by atoms with van der Waals surface area (Å²) in [7, 11) is -2.69. The van der Waals surface area contributed by atoms with E-state index in [0.29, 0.717) is 12.3 Å². The summed E-state index contributed by atoms with van der Waals surface area (Å²) in [6, 6.07) is 57.0. The molecule has 0 spiro atoms. The van der Waals surface area contributed by atoms with Gasteiger partial charge in [0.2, 0.25) is 0 Å². The van der Waals surface area contributed by atoms with Crippen LogP contribution in [0.3, 0.4) is 0 Å². The number of thiocarbonyl (C=S) groups is 1. The first-order chi connectivity index (χ1) is 18.1. The molecule has 0 amide bonds. The molecule has 1 nitrogen and oxygen atoms in total. The van der Waals surface area contributed by atoms with Gasteiger partial charge in [-0.25, -0.2) is 0 Å². The molecule has 0 aliphatic rings. The minimum atomic E-state index is -2.69. The van der Waals surface area contributed by atoms with Crippen LogP contribution < -0.4 is 0 Å². The zero-order valence-corrected chi connectivity index (χ0v) is 27.4. The van der Waals surface area contributed by atoms with Crippen molar-refractivity contribution in [3.8, 4) is 0 Å². The van der Waals surface area contributed by atoms with Gasteiger partial charge in [-0.15, -0.1) is 0 Å². The molecular weight excluding hydrogens is 715 g/mol. The van der Waals surface area contributed by atoms with E-state index in [2.05, 4.69) is 18.2 Å². The summed E-state index contributed by atoms with van der Waals surface area (Å²) >= 11 is 10.2. The van der Waals surface area contributed by atoms with Crippen molar-refractivity contribution in [1.82, 2.24) is 0 Å². The second-order valence-corrected chi connectivity index (χ2v) is 12.2. The van der Waals surface area contributed by atoms with Gasteiger partial charge in [0, 0.05) is 39.6 Å². The van der Waals surface area contributed by atoms with Crippen molar-refractivity contribution in [3.63, 3.8) is 0 Å². The molecule has 0 heterocycles. The van der Waals surface area contributed by atoms with Gasteiger partial charge >= 0.3 is 0 Å². The molecule has 0 aliphatic heterocycles. The minimum absolute atomic E-state index is 0. The van der Waals surface area contributed by atoms with E-state index in [1.165, 1.54) is 0 Å². The van der Waals surface area contributed by atoms with Gasteiger partial charge in [0.1, 0.15) is 7.14 Å². The van der Waals surface area contributed by atoms with Crippen LogP contribution in [0.5, 0.6) is 0 Å². The molecule has 0 saturated heterocycles. The smallest absolute Gasteiger partial charge is 0.105 e. The second-order valence-electron chi connectivity index (χ2n) is 7.67. The Hall–Kier alpha value is -2.44. The van der Waals surface area contributed by atoms with Crippen molar-refractivity contribution >= 4 is 63.2 Å². The molecule has 0 unspecified atom stereocenters. The summed E-state index contributed by atoms with van der Waals surface area (Å²) in [4.78, 5) is 0. The van der Waals surface area contributed by atoms with Gasteiger partial charge in [-0.2, -0.15) is 0 Å². The fourth-order valence-corrected chi connectivity index (χ4v) is 5.71. The molecule has 0 aromatic heterocycles. The van der Waals surface area contributed by atoms with Crippen LogP contribution in [-0.2, 0) is 29.5 Å². The standard InChI is InChI=1S/C15H15OPS2.3C6H5.Pb/c16-17(15(18)19,11-13-7-3-1-4-8-13)12-14-9-5-2-6-10-14;3*1-2-4-6-5-3-1;/h1-10H,11-12H2,(H,18,19);3*1-5H;/p-1. The van der Waals surface area contributed by atoms with Crippen molar-refractivity contribution < 1.29 is 4.57 Å². The van der Waals surface area contributed by atoms with Gasteiger partial charge in [0.25, 0.3) is 0 Å². The van der Waals surface area contributed by atoms with E-state index in [1.807, 2.05) is 152 Å². The normalized spacial score (nSPS) is 9.37. The fraction of sp³-hybridized carbons (Fsp3) is 0.0606. The molecule has 0 saturated carbocycles. The monoisotopic (exact) mass is 744 g/mol. The number of hydrogen-bond donors (Lipinski definition) is 0. The first kappa shape index (κ1) is 33.6. The maximum atomic E-state index is 13.0. The Morgan fingerprint density at radius 2 is 0.816 bits per heavy atom. The molecular formula is C33H29OPPbS2-. The molecule has 189 valence electrons. The molecule has 0 aliphatic carbocycles. The van der Waals surface area contributed by atoms with E-state index in [9.17, 15) is 4.57 Å². The van der Waals surface area contributed by atoms with Crippen LogP contribution in [0.1, 0.15) is 11.1 Å². The summed E-state index contributed by atoms with van der Waals surface area (Å²) in [6.45, 7) is 0. The van der Waals surface area contributed by atoms with Crippen LogP contribution in [0.25, 0.3) is 0 Å². The summed E-state index contributed by atoms with van der Waals surface area (Å²) < 4.78 is 13.2. The molecule has 0 N–H and O–H groups in total. The summed E-state index contributed by atoms with van der Waals surface area (Å²) in [6.07, 6.45) is 0.899. The Kier molecular flexibility index (Phi) is 19.0. The van der Waals surface area contributed by atoms with Crippen molar-refractivity contribution in [2.45, 2.75) is 12.3 Å². The molecule has 5 aromatic carbocycles. The molecule has 0 bridgehead atoms. The summed E-state index contributed by atoms with van der Waals surface area (Å²) in [5.74, 6) is 0. The predicted molar refractivity (Wildman–Crippen MR) is 169 cm³/mol. The van der Waals surface area contributed by atoms with Gasteiger partial charge in [0.05, 0.1) is 0 Å². The first-order valence-corrected chi connectivity index (χ1v) is 14.6. The molecule has 5 heteroatoms. The van der Waals surface area contributed by atoms with E-state index >= 15 is 0 Å². The maximum absolute atomic E-state index is 13.0. The number of rotatable bonds is 5. The Morgan fingerprint density at radius 3 is 1.00 bits per heavy atom. The van der Waals surface area contributed by atoms with E-state index in [4.69, 9.17) is 24.8 Å². The van der Waals surface area contributed by atoms with Crippen LogP contribution in [0.4, 0.5) is 0 Å². The Morgan fingerprint density at radius 1 is 0.553 bits per heavy atom. The third kappa shape index (κ3) is 15.7. The second kappa shape index (κ2) is 21.5. The topological polar surface area (TPSA) is 17.1 Å². The Balaban J connectivity index is 0.000000307. The average Bonchev–Trinajstić information content (AvgIpc) is 2.98. The largest absolute Gasteiger partial charge is 0.425 e. The van der Waals surface area contributed by atoms with Crippen LogP contribution in [0, 0.1) is 18.2 Å². The maximum Gasteiger partial charge on any atom is 0.105 e.